The third kappa shape index (κ3) is 6.94. The zero-order chi connectivity index (χ0) is 29.6. The van der Waals surface area contributed by atoms with Crippen LogP contribution in [0.25, 0.3) is 22.2 Å². The van der Waals surface area contributed by atoms with Crippen LogP contribution in [-0.2, 0) is 11.0 Å². The highest BCUT2D eigenvalue weighted by atomic mass is 19.4. The zero-order valence-corrected chi connectivity index (χ0v) is 23.2. The first-order chi connectivity index (χ1) is 19.7. The summed E-state index contributed by atoms with van der Waals surface area (Å²) in [4.78, 5) is 23.6. The molecule has 216 valence electrons. The summed E-state index contributed by atoms with van der Waals surface area (Å²) in [5, 5.41) is 0.752. The summed E-state index contributed by atoms with van der Waals surface area (Å²) in [5.74, 6) is -0.418. The van der Waals surface area contributed by atoms with Crippen LogP contribution >= 0.6 is 0 Å². The molecule has 3 aromatic carbocycles. The fraction of sp³-hybridized carbons (Fsp3) is 0.323. The molecule has 0 spiro atoms. The molecule has 0 saturated heterocycles. The Bertz CT molecular complexity index is 1470. The number of carbonyl (C=O) groups is 1. The minimum Gasteiger partial charge on any atom is -0.493 e. The summed E-state index contributed by atoms with van der Waals surface area (Å²) in [6, 6.07) is 15.2. The van der Waals surface area contributed by atoms with Crippen LogP contribution in [0.1, 0.15) is 42.9 Å². The van der Waals surface area contributed by atoms with E-state index in [9.17, 15) is 18.0 Å². The van der Waals surface area contributed by atoms with Crippen molar-refractivity contribution in [1.82, 2.24) is 14.9 Å². The molecule has 10 heteroatoms. The van der Waals surface area contributed by atoms with Crippen molar-refractivity contribution in [3.05, 3.63) is 83.7 Å². The lowest BCUT2D eigenvalue weighted by atomic mass is 9.89. The van der Waals surface area contributed by atoms with E-state index in [1.54, 1.807) is 31.4 Å². The normalized spacial score (nSPS) is 12.5. The van der Waals surface area contributed by atoms with Gasteiger partial charge in [0.15, 0.2) is 11.5 Å². The molecule has 0 aliphatic rings. The zero-order valence-electron chi connectivity index (χ0n) is 23.2. The number of amides is 1. The molecule has 1 amide bonds. The van der Waals surface area contributed by atoms with Gasteiger partial charge in [-0.3, -0.25) is 4.79 Å². The lowest BCUT2D eigenvalue weighted by Gasteiger charge is -2.18. The van der Waals surface area contributed by atoms with Crippen LogP contribution in [0.5, 0.6) is 11.5 Å². The molecule has 4 aromatic rings. The maximum absolute atomic E-state index is 13.0. The van der Waals surface area contributed by atoms with E-state index >= 15 is 0 Å². The number of alkyl halides is 3. The first-order valence-electron chi connectivity index (χ1n) is 13.4. The number of halogens is 3. The minimum atomic E-state index is -4.47. The van der Waals surface area contributed by atoms with Crippen LogP contribution in [0.2, 0.25) is 0 Å². The second-order valence-corrected chi connectivity index (χ2v) is 9.55. The van der Waals surface area contributed by atoms with E-state index < -0.39 is 23.6 Å². The fourth-order valence-electron chi connectivity index (χ4n) is 4.80. The SMILES string of the molecule is CCN(CC)CCCOc1cc2ncnc(-c3ccc(C(C(N)=O)c4ccc(C(F)(F)F)cc4)cc3)c2cc1OC. The number of hydrogen-bond acceptors (Lipinski definition) is 6. The van der Waals surface area contributed by atoms with Crippen LogP contribution in [0.4, 0.5) is 13.2 Å². The maximum Gasteiger partial charge on any atom is 0.416 e. The molecule has 0 aliphatic heterocycles. The standard InChI is InChI=1S/C31H33F3N4O3/c1-4-38(5-2)15-6-16-41-27-18-25-24(17-26(27)40-3)29(37-19-36-25)22-9-7-20(8-10-22)28(30(35)39)21-11-13-23(14-12-21)31(32,33)34/h7-14,17-19,28H,4-6,15-16H2,1-3H3,(H2,35,39). The van der Waals surface area contributed by atoms with Gasteiger partial charge in [-0.25, -0.2) is 9.97 Å². The van der Waals surface area contributed by atoms with Crippen molar-refractivity contribution >= 4 is 16.8 Å². The smallest absolute Gasteiger partial charge is 0.416 e. The third-order valence-electron chi connectivity index (χ3n) is 7.06. The number of methoxy groups -OCH3 is 1. The Morgan fingerprint density at radius 2 is 1.59 bits per heavy atom. The van der Waals surface area contributed by atoms with E-state index in [4.69, 9.17) is 15.2 Å². The first kappa shape index (κ1) is 29.8. The quantitative estimate of drug-likeness (QED) is 0.210. The van der Waals surface area contributed by atoms with Gasteiger partial charge in [0.05, 0.1) is 36.4 Å². The predicted molar refractivity (Wildman–Crippen MR) is 152 cm³/mol. The largest absolute Gasteiger partial charge is 0.493 e. The number of aromatic nitrogens is 2. The number of benzene rings is 3. The highest BCUT2D eigenvalue weighted by molar-refractivity contribution is 5.94. The minimum absolute atomic E-state index is 0.375. The number of ether oxygens (including phenoxy) is 2. The molecule has 1 unspecified atom stereocenters. The van der Waals surface area contributed by atoms with Crippen LogP contribution in [0.3, 0.4) is 0 Å². The molecule has 0 aliphatic carbocycles. The highest BCUT2D eigenvalue weighted by Crippen LogP contribution is 2.36. The third-order valence-corrected chi connectivity index (χ3v) is 7.06. The topological polar surface area (TPSA) is 90.6 Å². The Balaban J connectivity index is 1.59. The molecule has 1 atom stereocenters. The van der Waals surface area contributed by atoms with Crippen molar-refractivity contribution in [2.75, 3.05) is 33.4 Å². The van der Waals surface area contributed by atoms with Crippen LogP contribution in [-0.4, -0.2) is 54.1 Å². The molecular formula is C31H33F3N4O3. The van der Waals surface area contributed by atoms with E-state index in [0.29, 0.717) is 40.4 Å². The van der Waals surface area contributed by atoms with Gasteiger partial charge in [0.25, 0.3) is 0 Å². The number of hydrogen-bond donors (Lipinski definition) is 1. The maximum atomic E-state index is 13.0. The molecule has 1 heterocycles. The van der Waals surface area contributed by atoms with Crippen molar-refractivity contribution in [2.45, 2.75) is 32.4 Å². The predicted octanol–water partition coefficient (Wildman–Crippen LogP) is 6.05. The Labute approximate surface area is 237 Å². The fourth-order valence-corrected chi connectivity index (χ4v) is 4.80. The summed E-state index contributed by atoms with van der Waals surface area (Å²) in [6.45, 7) is 7.75. The molecule has 2 N–H and O–H groups in total. The Morgan fingerprint density at radius 1 is 0.951 bits per heavy atom. The van der Waals surface area contributed by atoms with Gasteiger partial charge in [-0.05, 0) is 48.8 Å². The molecule has 0 bridgehead atoms. The lowest BCUT2D eigenvalue weighted by Crippen LogP contribution is -2.25. The van der Waals surface area contributed by atoms with Crippen molar-refractivity contribution in [3.8, 4) is 22.8 Å². The van der Waals surface area contributed by atoms with Crippen LogP contribution in [0.15, 0.2) is 67.0 Å². The monoisotopic (exact) mass is 566 g/mol. The van der Waals surface area contributed by atoms with Gasteiger partial charge in [0, 0.05) is 23.6 Å². The van der Waals surface area contributed by atoms with Crippen molar-refractivity contribution in [3.63, 3.8) is 0 Å². The second-order valence-electron chi connectivity index (χ2n) is 9.55. The summed E-state index contributed by atoms with van der Waals surface area (Å²) < 4.78 is 50.6. The molecule has 0 fully saturated rings. The van der Waals surface area contributed by atoms with E-state index in [1.807, 2.05) is 12.1 Å². The number of primary amides is 1. The molecule has 41 heavy (non-hydrogen) atoms. The number of nitrogens with zero attached hydrogens (tertiary/aromatic N) is 3. The number of fused-ring (bicyclic) bond motifs is 1. The van der Waals surface area contributed by atoms with Gasteiger partial charge in [-0.15, -0.1) is 0 Å². The number of carbonyl (C=O) groups excluding carboxylic acids is 1. The van der Waals surface area contributed by atoms with E-state index in [2.05, 4.69) is 28.7 Å². The Kier molecular flexibility index (Phi) is 9.44. The average molecular weight is 567 g/mol. The summed E-state index contributed by atoms with van der Waals surface area (Å²) in [7, 11) is 1.58. The van der Waals surface area contributed by atoms with E-state index in [1.165, 1.54) is 18.5 Å². The molecule has 0 radical (unpaired) electrons. The first-order valence-corrected chi connectivity index (χ1v) is 13.4. The van der Waals surface area contributed by atoms with Crippen molar-refractivity contribution in [1.29, 1.82) is 0 Å². The molecule has 1 aromatic heterocycles. The molecule has 4 rings (SSSR count). The average Bonchev–Trinajstić information content (AvgIpc) is 2.96. The summed E-state index contributed by atoms with van der Waals surface area (Å²) >= 11 is 0. The van der Waals surface area contributed by atoms with E-state index in [-0.39, 0.29) is 0 Å². The number of rotatable bonds is 12. The van der Waals surface area contributed by atoms with Gasteiger partial charge >= 0.3 is 6.18 Å². The van der Waals surface area contributed by atoms with Gasteiger partial charge in [0.2, 0.25) is 5.91 Å². The van der Waals surface area contributed by atoms with Crippen LogP contribution < -0.4 is 15.2 Å². The highest BCUT2D eigenvalue weighted by Gasteiger charge is 2.31. The van der Waals surface area contributed by atoms with Crippen LogP contribution in [0, 0.1) is 0 Å². The Hall–Kier alpha value is -4.18. The molecule has 7 nitrogen and oxygen atoms in total. The van der Waals surface area contributed by atoms with Gasteiger partial charge in [-0.1, -0.05) is 50.2 Å². The van der Waals surface area contributed by atoms with Crippen molar-refractivity contribution < 1.29 is 27.4 Å². The van der Waals surface area contributed by atoms with E-state index in [0.717, 1.165) is 49.1 Å². The molecular weight excluding hydrogens is 533 g/mol. The number of nitrogens with two attached hydrogens (primary N) is 1. The second kappa shape index (κ2) is 13.0. The summed E-state index contributed by atoms with van der Waals surface area (Å²) in [6.07, 6.45) is -2.12. The van der Waals surface area contributed by atoms with Gasteiger partial charge in [-0.2, -0.15) is 13.2 Å². The van der Waals surface area contributed by atoms with Crippen molar-refractivity contribution in [2.24, 2.45) is 5.73 Å². The molecule has 0 saturated carbocycles. The summed E-state index contributed by atoms with van der Waals surface area (Å²) in [5.41, 5.74) is 7.88. The van der Waals surface area contributed by atoms with Gasteiger partial charge < -0.3 is 20.1 Å². The Morgan fingerprint density at radius 3 is 2.15 bits per heavy atom. The lowest BCUT2D eigenvalue weighted by molar-refractivity contribution is -0.137. The van der Waals surface area contributed by atoms with Gasteiger partial charge in [0.1, 0.15) is 6.33 Å².